The van der Waals surface area contributed by atoms with E-state index in [0.29, 0.717) is 12.2 Å². The molecule has 0 unspecified atom stereocenters. The first-order valence-electron chi connectivity index (χ1n) is 9.97. The highest BCUT2D eigenvalue weighted by atomic mass is 31.2. The van der Waals surface area contributed by atoms with Crippen LogP contribution in [0.3, 0.4) is 0 Å². The Morgan fingerprint density at radius 3 is 2.13 bits per heavy atom. The van der Waals surface area contributed by atoms with Gasteiger partial charge >= 0.3 is 7.60 Å². The Hall–Kier alpha value is -1.93. The van der Waals surface area contributed by atoms with Crippen LogP contribution in [0.15, 0.2) is 24.3 Å². The first-order chi connectivity index (χ1) is 14.0. The number of hydrogen-bond donors (Lipinski definition) is 5. The van der Waals surface area contributed by atoms with Crippen molar-refractivity contribution in [3.63, 3.8) is 0 Å². The van der Waals surface area contributed by atoms with Crippen molar-refractivity contribution < 1.29 is 28.7 Å². The molecule has 1 aromatic carbocycles. The van der Waals surface area contributed by atoms with E-state index in [-0.39, 0.29) is 24.7 Å². The third-order valence-corrected chi connectivity index (χ3v) is 6.01. The molecule has 0 radical (unpaired) electrons. The molecule has 1 aromatic rings. The summed E-state index contributed by atoms with van der Waals surface area (Å²) in [6, 6.07) is 5.49. The van der Waals surface area contributed by atoms with E-state index in [4.69, 9.17) is 4.74 Å². The lowest BCUT2D eigenvalue weighted by Crippen LogP contribution is -2.55. The van der Waals surface area contributed by atoms with Gasteiger partial charge in [0, 0.05) is 13.5 Å². The molecule has 0 heterocycles. The van der Waals surface area contributed by atoms with E-state index >= 15 is 0 Å². The Balaban J connectivity index is 3.00. The van der Waals surface area contributed by atoms with E-state index in [1.165, 1.54) is 7.05 Å². The molecule has 2 amide bonds. The predicted octanol–water partition coefficient (Wildman–Crippen LogP) is 1.39. The lowest BCUT2D eigenvalue weighted by Gasteiger charge is -2.28. The molecule has 3 atom stereocenters. The van der Waals surface area contributed by atoms with E-state index in [9.17, 15) is 23.9 Å². The molecular weight excluding hydrogens is 409 g/mol. The van der Waals surface area contributed by atoms with E-state index in [1.54, 1.807) is 26.2 Å². The van der Waals surface area contributed by atoms with Gasteiger partial charge in [0.15, 0.2) is 0 Å². The van der Waals surface area contributed by atoms with Gasteiger partial charge in [-0.25, -0.2) is 0 Å². The second-order valence-corrected chi connectivity index (χ2v) is 9.39. The fourth-order valence-electron chi connectivity index (χ4n) is 3.06. The minimum atomic E-state index is -4.42. The maximum Gasteiger partial charge on any atom is 0.342 e. The molecule has 1 rings (SSSR count). The molecule has 0 aliphatic rings. The van der Waals surface area contributed by atoms with E-state index < -0.39 is 31.4 Å². The highest BCUT2D eigenvalue weighted by Gasteiger charge is 2.33. The number of carbonyl (C=O) groups excluding carboxylic acids is 2. The molecule has 0 spiro atoms. The van der Waals surface area contributed by atoms with E-state index in [1.807, 2.05) is 26.0 Å². The minimum Gasteiger partial charge on any atom is -0.497 e. The van der Waals surface area contributed by atoms with Crippen LogP contribution in [0, 0.1) is 5.92 Å². The molecule has 0 aromatic heterocycles. The van der Waals surface area contributed by atoms with Gasteiger partial charge in [0.2, 0.25) is 11.8 Å². The van der Waals surface area contributed by atoms with Crippen molar-refractivity contribution in [2.45, 2.75) is 57.9 Å². The summed E-state index contributed by atoms with van der Waals surface area (Å²) in [7, 11) is -1.37. The summed E-state index contributed by atoms with van der Waals surface area (Å²) in [6.45, 7) is 5.46. The van der Waals surface area contributed by atoms with Crippen molar-refractivity contribution in [3.05, 3.63) is 29.8 Å². The topological polar surface area (TPSA) is 137 Å². The first-order valence-corrected chi connectivity index (χ1v) is 11.7. The molecule has 0 aliphatic carbocycles. The summed E-state index contributed by atoms with van der Waals surface area (Å²) in [5.74, 6) is -1.18. The van der Waals surface area contributed by atoms with Gasteiger partial charge in [-0.1, -0.05) is 32.9 Å². The number of rotatable bonds is 12. The first kappa shape index (κ1) is 26.1. The highest BCUT2D eigenvalue weighted by molar-refractivity contribution is 7.52. The number of likely N-dealkylation sites (N-methyl/N-ethyl adjacent to an activating group) is 1. The number of benzene rings is 1. The zero-order valence-electron chi connectivity index (χ0n) is 18.2. The van der Waals surface area contributed by atoms with Crippen molar-refractivity contribution in [3.8, 4) is 5.75 Å². The molecule has 0 saturated carbocycles. The van der Waals surface area contributed by atoms with Gasteiger partial charge in [0.1, 0.15) is 17.6 Å². The van der Waals surface area contributed by atoms with Crippen LogP contribution in [0.5, 0.6) is 5.75 Å². The second kappa shape index (κ2) is 12.1. The standard InChI is InChI=1S/C20H34N3O6P/c1-6-18(30(26,27)28)22-16(11-13(2)3)20(25)23-17(19(24)21-4)12-14-7-9-15(29-5)10-8-14/h7-10,13,16-18,22H,6,11-12H2,1-5H3,(H,21,24)(H,23,25)(H2,26,27,28)/t16-,17-,18+/m0/s1. The van der Waals surface area contributed by atoms with Crippen molar-refractivity contribution >= 4 is 19.4 Å². The monoisotopic (exact) mass is 443 g/mol. The van der Waals surface area contributed by atoms with Crippen molar-refractivity contribution in [1.82, 2.24) is 16.0 Å². The number of methoxy groups -OCH3 is 1. The van der Waals surface area contributed by atoms with Crippen molar-refractivity contribution in [1.29, 1.82) is 0 Å². The van der Waals surface area contributed by atoms with Crippen LogP contribution in [0.2, 0.25) is 0 Å². The van der Waals surface area contributed by atoms with Crippen molar-refractivity contribution in [2.75, 3.05) is 14.2 Å². The second-order valence-electron chi connectivity index (χ2n) is 7.59. The van der Waals surface area contributed by atoms with Crippen LogP contribution < -0.4 is 20.7 Å². The molecule has 0 bridgehead atoms. The van der Waals surface area contributed by atoms with Crippen molar-refractivity contribution in [2.24, 2.45) is 5.92 Å². The fourth-order valence-corrected chi connectivity index (χ4v) is 3.91. The lowest BCUT2D eigenvalue weighted by molar-refractivity contribution is -0.130. The SMILES string of the molecule is CC[C@H](N[C@@H](CC(C)C)C(=O)N[C@@H](Cc1ccc(OC)cc1)C(=O)NC)P(=O)(O)O. The van der Waals surface area contributed by atoms with Crippen LogP contribution in [0.1, 0.15) is 39.2 Å². The summed E-state index contributed by atoms with van der Waals surface area (Å²) in [5.41, 5.74) is 0.833. The average molecular weight is 443 g/mol. The average Bonchev–Trinajstić information content (AvgIpc) is 2.69. The highest BCUT2D eigenvalue weighted by Crippen LogP contribution is 2.41. The lowest BCUT2D eigenvalue weighted by atomic mass is 10.0. The Bertz CT molecular complexity index is 735. The fraction of sp³-hybridized carbons (Fsp3) is 0.600. The molecule has 30 heavy (non-hydrogen) atoms. The van der Waals surface area contributed by atoms with Crippen LogP contribution in [-0.4, -0.2) is 53.6 Å². The summed E-state index contributed by atoms with van der Waals surface area (Å²) in [6.07, 6.45) is 0.793. The van der Waals surface area contributed by atoms with E-state index in [2.05, 4.69) is 16.0 Å². The number of hydrogen-bond acceptors (Lipinski definition) is 5. The Labute approximate surface area is 178 Å². The summed E-state index contributed by atoms with van der Waals surface area (Å²) < 4.78 is 16.8. The largest absolute Gasteiger partial charge is 0.497 e. The molecular formula is C20H34N3O6P. The Morgan fingerprint density at radius 2 is 1.70 bits per heavy atom. The zero-order valence-corrected chi connectivity index (χ0v) is 19.1. The molecule has 10 heteroatoms. The quantitative estimate of drug-likeness (QED) is 0.308. The number of amides is 2. The molecule has 0 saturated heterocycles. The Morgan fingerprint density at radius 1 is 1.10 bits per heavy atom. The zero-order chi connectivity index (χ0) is 22.9. The maximum atomic E-state index is 13.0. The summed E-state index contributed by atoms with van der Waals surface area (Å²) in [4.78, 5) is 44.4. The molecule has 0 aliphatic heterocycles. The van der Waals surface area contributed by atoms with Crippen LogP contribution in [-0.2, 0) is 20.6 Å². The normalized spacial score (nSPS) is 14.7. The third kappa shape index (κ3) is 8.44. The molecule has 0 fully saturated rings. The summed E-state index contributed by atoms with van der Waals surface area (Å²) in [5, 5.41) is 8.07. The van der Waals surface area contributed by atoms with Gasteiger partial charge in [-0.2, -0.15) is 0 Å². The van der Waals surface area contributed by atoms with Crippen LogP contribution >= 0.6 is 7.60 Å². The van der Waals surface area contributed by atoms with Crippen LogP contribution in [0.25, 0.3) is 0 Å². The number of ether oxygens (including phenoxy) is 1. The van der Waals surface area contributed by atoms with Crippen LogP contribution in [0.4, 0.5) is 0 Å². The molecule has 9 nitrogen and oxygen atoms in total. The third-order valence-electron chi connectivity index (χ3n) is 4.69. The van der Waals surface area contributed by atoms with Gasteiger partial charge in [0.25, 0.3) is 0 Å². The van der Waals surface area contributed by atoms with Gasteiger partial charge in [0.05, 0.1) is 13.2 Å². The van der Waals surface area contributed by atoms with Gasteiger partial charge < -0.3 is 25.2 Å². The Kier molecular flexibility index (Phi) is 10.5. The van der Waals surface area contributed by atoms with Gasteiger partial charge in [-0.3, -0.25) is 19.5 Å². The molecule has 5 N–H and O–H groups in total. The van der Waals surface area contributed by atoms with Gasteiger partial charge in [-0.15, -0.1) is 0 Å². The molecule has 170 valence electrons. The number of nitrogens with one attached hydrogen (secondary N) is 3. The van der Waals surface area contributed by atoms with Gasteiger partial charge in [-0.05, 0) is 36.5 Å². The summed E-state index contributed by atoms with van der Waals surface area (Å²) >= 11 is 0. The predicted molar refractivity (Wildman–Crippen MR) is 115 cm³/mol. The smallest absolute Gasteiger partial charge is 0.342 e. The van der Waals surface area contributed by atoms with E-state index in [0.717, 1.165) is 5.56 Å². The number of carbonyl (C=O) groups is 2. The minimum absolute atomic E-state index is 0.0996. The maximum absolute atomic E-state index is 13.0.